The number of amides is 1. The van der Waals surface area contributed by atoms with Crippen LogP contribution < -0.4 is 14.2 Å². The summed E-state index contributed by atoms with van der Waals surface area (Å²) in [4.78, 5) is 14.4. The molecule has 1 aromatic carbocycles. The summed E-state index contributed by atoms with van der Waals surface area (Å²) < 4.78 is 40.3. The molecular formula is C18H27NO6S. The van der Waals surface area contributed by atoms with Gasteiger partial charge in [0, 0.05) is 18.7 Å². The van der Waals surface area contributed by atoms with Gasteiger partial charge in [0.15, 0.2) is 21.3 Å². The van der Waals surface area contributed by atoms with Gasteiger partial charge in [-0.2, -0.15) is 0 Å². The van der Waals surface area contributed by atoms with Crippen LogP contribution in [0.1, 0.15) is 37.6 Å². The van der Waals surface area contributed by atoms with Crippen molar-refractivity contribution < 1.29 is 27.4 Å². The Morgan fingerprint density at radius 3 is 2.04 bits per heavy atom. The second kappa shape index (κ2) is 8.62. The summed E-state index contributed by atoms with van der Waals surface area (Å²) in [6.07, 6.45) is 0.457. The lowest BCUT2D eigenvalue weighted by molar-refractivity contribution is 0.0746. The zero-order valence-corrected chi connectivity index (χ0v) is 16.6. The summed E-state index contributed by atoms with van der Waals surface area (Å²) in [6.45, 7) is 6.83. The summed E-state index contributed by atoms with van der Waals surface area (Å²) in [5, 5.41) is 0. The molecule has 1 saturated heterocycles. The van der Waals surface area contributed by atoms with Crippen LogP contribution in [0.4, 0.5) is 0 Å². The van der Waals surface area contributed by atoms with E-state index in [1.165, 1.54) is 4.90 Å². The van der Waals surface area contributed by atoms with Gasteiger partial charge in [0.2, 0.25) is 5.75 Å². The Bertz CT molecular complexity index is 719. The minimum Gasteiger partial charge on any atom is -0.490 e. The maximum atomic E-state index is 12.9. The van der Waals surface area contributed by atoms with Crippen molar-refractivity contribution in [1.82, 2.24) is 4.90 Å². The number of ether oxygens (including phenoxy) is 3. The molecule has 26 heavy (non-hydrogen) atoms. The number of carbonyl (C=O) groups excluding carboxylic acids is 1. The van der Waals surface area contributed by atoms with Crippen molar-refractivity contribution in [2.24, 2.45) is 0 Å². The summed E-state index contributed by atoms with van der Waals surface area (Å²) >= 11 is 0. The van der Waals surface area contributed by atoms with Gasteiger partial charge in [-0.1, -0.05) is 0 Å². The quantitative estimate of drug-likeness (QED) is 0.682. The van der Waals surface area contributed by atoms with Gasteiger partial charge in [-0.05, 0) is 39.3 Å². The number of hydrogen-bond donors (Lipinski definition) is 0. The topological polar surface area (TPSA) is 82.1 Å². The lowest BCUT2D eigenvalue weighted by Gasteiger charge is -2.24. The van der Waals surface area contributed by atoms with Crippen LogP contribution in [-0.4, -0.2) is 63.6 Å². The fourth-order valence-electron chi connectivity index (χ4n) is 2.96. The van der Waals surface area contributed by atoms with E-state index in [9.17, 15) is 13.2 Å². The maximum absolute atomic E-state index is 12.9. The number of carbonyl (C=O) groups is 1. The molecule has 8 heteroatoms. The molecule has 1 atom stereocenters. The minimum atomic E-state index is -3.07. The molecule has 1 aromatic rings. The molecule has 0 aromatic heterocycles. The standard InChI is InChI=1S/C18H27NO6S/c1-5-23-15-10-13(11-16(24-6-2)17(15)25-7-3)18(20)19(4)14-8-9-26(21,22)12-14/h10-11,14H,5-9,12H2,1-4H3/t14-/m0/s1. The fraction of sp³-hybridized carbons (Fsp3) is 0.611. The number of sulfone groups is 1. The Kier molecular flexibility index (Phi) is 6.75. The van der Waals surface area contributed by atoms with Crippen molar-refractivity contribution in [3.63, 3.8) is 0 Å². The van der Waals surface area contributed by atoms with Gasteiger partial charge in [0.1, 0.15) is 0 Å². The van der Waals surface area contributed by atoms with Crippen LogP contribution in [0.2, 0.25) is 0 Å². The van der Waals surface area contributed by atoms with Crippen molar-refractivity contribution >= 4 is 15.7 Å². The van der Waals surface area contributed by atoms with E-state index >= 15 is 0 Å². The average Bonchev–Trinajstić information content (AvgIpc) is 2.96. The maximum Gasteiger partial charge on any atom is 0.254 e. The molecule has 1 aliphatic heterocycles. The summed E-state index contributed by atoms with van der Waals surface area (Å²) in [6, 6.07) is 2.93. The molecule has 7 nitrogen and oxygen atoms in total. The molecule has 2 rings (SSSR count). The second-order valence-corrected chi connectivity index (χ2v) is 8.30. The minimum absolute atomic E-state index is 0.00288. The van der Waals surface area contributed by atoms with Gasteiger partial charge in [0.05, 0.1) is 31.3 Å². The summed E-state index contributed by atoms with van der Waals surface area (Å²) in [5.41, 5.74) is 0.382. The first-order chi connectivity index (χ1) is 12.3. The van der Waals surface area contributed by atoms with E-state index in [1.54, 1.807) is 19.2 Å². The predicted molar refractivity (Wildman–Crippen MR) is 99.1 cm³/mol. The fourth-order valence-corrected chi connectivity index (χ4v) is 4.74. The van der Waals surface area contributed by atoms with Crippen molar-refractivity contribution in [1.29, 1.82) is 0 Å². The number of nitrogens with zero attached hydrogens (tertiary/aromatic N) is 1. The Morgan fingerprint density at radius 2 is 1.62 bits per heavy atom. The third-order valence-corrected chi connectivity index (χ3v) is 5.98. The Hall–Kier alpha value is -1.96. The first kappa shape index (κ1) is 20.4. The zero-order valence-electron chi connectivity index (χ0n) is 15.8. The van der Waals surface area contributed by atoms with Crippen LogP contribution in [-0.2, 0) is 9.84 Å². The predicted octanol–water partition coefficient (Wildman–Crippen LogP) is 2.14. The molecule has 0 aliphatic carbocycles. The van der Waals surface area contributed by atoms with Gasteiger partial charge >= 0.3 is 0 Å². The Labute approximate surface area is 155 Å². The van der Waals surface area contributed by atoms with E-state index in [0.29, 0.717) is 49.1 Å². The molecule has 1 heterocycles. The van der Waals surface area contributed by atoms with Crippen molar-refractivity contribution in [2.45, 2.75) is 33.2 Å². The Morgan fingerprint density at radius 1 is 1.08 bits per heavy atom. The molecule has 146 valence electrons. The molecule has 0 unspecified atom stereocenters. The van der Waals surface area contributed by atoms with E-state index in [4.69, 9.17) is 14.2 Å². The lowest BCUT2D eigenvalue weighted by Crippen LogP contribution is -2.37. The highest BCUT2D eigenvalue weighted by Gasteiger charge is 2.33. The third-order valence-electron chi connectivity index (χ3n) is 4.23. The molecule has 0 spiro atoms. The largest absolute Gasteiger partial charge is 0.490 e. The number of benzene rings is 1. The Balaban J connectivity index is 2.36. The molecule has 0 radical (unpaired) electrons. The highest BCUT2D eigenvalue weighted by molar-refractivity contribution is 7.91. The van der Waals surface area contributed by atoms with E-state index in [1.807, 2.05) is 20.8 Å². The van der Waals surface area contributed by atoms with Gasteiger partial charge < -0.3 is 19.1 Å². The molecule has 0 bridgehead atoms. The van der Waals surface area contributed by atoms with E-state index in [-0.39, 0.29) is 23.5 Å². The average molecular weight is 385 g/mol. The zero-order chi connectivity index (χ0) is 19.3. The SMILES string of the molecule is CCOc1cc(C(=O)N(C)[C@H]2CCS(=O)(=O)C2)cc(OCC)c1OCC. The molecular weight excluding hydrogens is 358 g/mol. The van der Waals surface area contributed by atoms with Crippen molar-refractivity contribution in [2.75, 3.05) is 38.4 Å². The second-order valence-electron chi connectivity index (χ2n) is 6.07. The van der Waals surface area contributed by atoms with Crippen LogP contribution in [0, 0.1) is 0 Å². The molecule has 1 aliphatic rings. The van der Waals surface area contributed by atoms with Crippen LogP contribution in [0.25, 0.3) is 0 Å². The molecule has 1 fully saturated rings. The van der Waals surface area contributed by atoms with E-state index in [0.717, 1.165) is 0 Å². The number of hydrogen-bond acceptors (Lipinski definition) is 6. The molecule has 1 amide bonds. The van der Waals surface area contributed by atoms with Gasteiger partial charge in [-0.3, -0.25) is 4.79 Å². The first-order valence-corrected chi connectivity index (χ1v) is 10.7. The van der Waals surface area contributed by atoms with E-state index < -0.39 is 9.84 Å². The monoisotopic (exact) mass is 385 g/mol. The van der Waals surface area contributed by atoms with Crippen molar-refractivity contribution in [3.05, 3.63) is 17.7 Å². The normalized spacial score (nSPS) is 18.4. The van der Waals surface area contributed by atoms with Crippen LogP contribution >= 0.6 is 0 Å². The highest BCUT2D eigenvalue weighted by atomic mass is 32.2. The number of rotatable bonds is 8. The summed E-state index contributed by atoms with van der Waals surface area (Å²) in [5.74, 6) is 1.21. The van der Waals surface area contributed by atoms with Gasteiger partial charge in [-0.25, -0.2) is 8.42 Å². The summed E-state index contributed by atoms with van der Waals surface area (Å²) in [7, 11) is -1.44. The van der Waals surface area contributed by atoms with Crippen LogP contribution in [0.5, 0.6) is 17.2 Å². The smallest absolute Gasteiger partial charge is 0.254 e. The van der Waals surface area contributed by atoms with Gasteiger partial charge in [0.25, 0.3) is 5.91 Å². The first-order valence-electron chi connectivity index (χ1n) is 8.86. The van der Waals surface area contributed by atoms with Crippen molar-refractivity contribution in [3.8, 4) is 17.2 Å². The molecule has 0 saturated carbocycles. The molecule has 0 N–H and O–H groups in total. The lowest BCUT2D eigenvalue weighted by atomic mass is 10.1. The van der Waals surface area contributed by atoms with E-state index in [2.05, 4.69) is 0 Å². The van der Waals surface area contributed by atoms with Crippen LogP contribution in [0.3, 0.4) is 0 Å². The highest BCUT2D eigenvalue weighted by Crippen LogP contribution is 2.39. The van der Waals surface area contributed by atoms with Crippen LogP contribution in [0.15, 0.2) is 12.1 Å². The van der Waals surface area contributed by atoms with Gasteiger partial charge in [-0.15, -0.1) is 0 Å². The third kappa shape index (κ3) is 4.60.